The Labute approximate surface area is 121 Å². The van der Waals surface area contributed by atoms with Crippen LogP contribution >= 0.6 is 0 Å². The highest BCUT2D eigenvalue weighted by atomic mass is 14.9. The molecule has 1 unspecified atom stereocenters. The van der Waals surface area contributed by atoms with Gasteiger partial charge >= 0.3 is 0 Å². The normalized spacial score (nSPS) is 12.4. The summed E-state index contributed by atoms with van der Waals surface area (Å²) in [6.45, 7) is 9.65. The van der Waals surface area contributed by atoms with Crippen molar-refractivity contribution in [2.45, 2.75) is 40.2 Å². The van der Waals surface area contributed by atoms with Gasteiger partial charge in [0, 0.05) is 18.0 Å². The van der Waals surface area contributed by atoms with Crippen molar-refractivity contribution < 1.29 is 0 Å². The van der Waals surface area contributed by atoms with Crippen LogP contribution in [0, 0.1) is 20.8 Å². The number of hydrogen-bond acceptors (Lipinski definition) is 3. The second kappa shape index (κ2) is 6.62. The molecule has 0 amide bonds. The zero-order valence-corrected chi connectivity index (χ0v) is 12.8. The second-order valence-electron chi connectivity index (χ2n) is 5.35. The van der Waals surface area contributed by atoms with Crippen molar-refractivity contribution in [1.82, 2.24) is 15.3 Å². The van der Waals surface area contributed by atoms with Gasteiger partial charge in [-0.05, 0) is 56.0 Å². The molecule has 0 bridgehead atoms. The Morgan fingerprint density at radius 2 is 1.65 bits per heavy atom. The molecule has 2 aromatic rings. The molecule has 0 aliphatic rings. The Hall–Kier alpha value is -1.74. The molecule has 0 spiro atoms. The number of aryl methyl sites for hydroxylation is 3. The topological polar surface area (TPSA) is 37.8 Å². The first-order valence-electron chi connectivity index (χ1n) is 7.19. The molecule has 0 radical (unpaired) electrons. The van der Waals surface area contributed by atoms with Crippen molar-refractivity contribution in [3.63, 3.8) is 0 Å². The zero-order valence-electron chi connectivity index (χ0n) is 12.8. The van der Waals surface area contributed by atoms with Gasteiger partial charge in [-0.1, -0.05) is 19.1 Å². The van der Waals surface area contributed by atoms with Crippen LogP contribution in [0.4, 0.5) is 0 Å². The smallest absolute Gasteiger partial charge is 0.115 e. The molecule has 0 aliphatic heterocycles. The molecule has 1 N–H and O–H groups in total. The van der Waals surface area contributed by atoms with E-state index in [0.29, 0.717) is 0 Å². The zero-order chi connectivity index (χ0) is 14.5. The third-order valence-corrected chi connectivity index (χ3v) is 3.71. The SMILES string of the molecule is CCCNC(c1cncnc1)c1cc(C)c(C)cc1C. The maximum absolute atomic E-state index is 4.16. The van der Waals surface area contributed by atoms with E-state index in [9.17, 15) is 0 Å². The number of rotatable bonds is 5. The maximum atomic E-state index is 4.16. The van der Waals surface area contributed by atoms with E-state index in [1.54, 1.807) is 6.33 Å². The van der Waals surface area contributed by atoms with Crippen LogP contribution in [0.15, 0.2) is 30.9 Å². The van der Waals surface area contributed by atoms with Crippen molar-refractivity contribution in [1.29, 1.82) is 0 Å². The summed E-state index contributed by atoms with van der Waals surface area (Å²) in [5.74, 6) is 0. The van der Waals surface area contributed by atoms with Crippen LogP contribution < -0.4 is 5.32 Å². The molecule has 20 heavy (non-hydrogen) atoms. The van der Waals surface area contributed by atoms with Gasteiger partial charge in [-0.2, -0.15) is 0 Å². The molecule has 1 heterocycles. The molecule has 3 heteroatoms. The Morgan fingerprint density at radius 3 is 2.30 bits per heavy atom. The van der Waals surface area contributed by atoms with Gasteiger partial charge < -0.3 is 5.32 Å². The highest BCUT2D eigenvalue weighted by Crippen LogP contribution is 2.26. The van der Waals surface area contributed by atoms with E-state index in [-0.39, 0.29) is 6.04 Å². The van der Waals surface area contributed by atoms with Crippen LogP contribution in [-0.4, -0.2) is 16.5 Å². The Morgan fingerprint density at radius 1 is 1.00 bits per heavy atom. The van der Waals surface area contributed by atoms with Crippen molar-refractivity contribution in [2.24, 2.45) is 0 Å². The lowest BCUT2D eigenvalue weighted by Gasteiger charge is -2.22. The van der Waals surface area contributed by atoms with Gasteiger partial charge in [0.15, 0.2) is 0 Å². The fourth-order valence-electron chi connectivity index (χ4n) is 2.45. The molecular weight excluding hydrogens is 246 g/mol. The Bertz CT molecular complexity index is 564. The molecule has 0 aliphatic carbocycles. The lowest BCUT2D eigenvalue weighted by molar-refractivity contribution is 0.592. The molecule has 1 aromatic carbocycles. The number of aromatic nitrogens is 2. The van der Waals surface area contributed by atoms with E-state index in [1.165, 1.54) is 22.3 Å². The second-order valence-corrected chi connectivity index (χ2v) is 5.35. The highest BCUT2D eigenvalue weighted by molar-refractivity contribution is 5.41. The van der Waals surface area contributed by atoms with Crippen LogP contribution in [0.25, 0.3) is 0 Å². The summed E-state index contributed by atoms with van der Waals surface area (Å²) in [5.41, 5.74) is 6.41. The standard InChI is InChI=1S/C17H23N3/c1-5-6-20-17(15-9-18-11-19-10-15)16-8-13(3)12(2)7-14(16)4/h7-11,17,20H,5-6H2,1-4H3. The average molecular weight is 269 g/mol. The van der Waals surface area contributed by atoms with E-state index in [4.69, 9.17) is 0 Å². The fraction of sp³-hybridized carbons (Fsp3) is 0.412. The van der Waals surface area contributed by atoms with Crippen molar-refractivity contribution in [3.05, 3.63) is 58.7 Å². The molecule has 106 valence electrons. The summed E-state index contributed by atoms with van der Waals surface area (Å²) in [6.07, 6.45) is 6.48. The van der Waals surface area contributed by atoms with Crippen LogP contribution in [0.1, 0.15) is 47.2 Å². The van der Waals surface area contributed by atoms with Gasteiger partial charge in [0.05, 0.1) is 6.04 Å². The van der Waals surface area contributed by atoms with Crippen LogP contribution in [0.5, 0.6) is 0 Å². The monoisotopic (exact) mass is 269 g/mol. The van der Waals surface area contributed by atoms with E-state index >= 15 is 0 Å². The largest absolute Gasteiger partial charge is 0.306 e. The predicted molar refractivity (Wildman–Crippen MR) is 82.8 cm³/mol. The van der Waals surface area contributed by atoms with E-state index in [2.05, 4.69) is 55.1 Å². The fourth-order valence-corrected chi connectivity index (χ4v) is 2.45. The molecule has 2 rings (SSSR count). The molecule has 1 aromatic heterocycles. The molecular formula is C17H23N3. The first-order chi connectivity index (χ1) is 9.63. The minimum Gasteiger partial charge on any atom is -0.306 e. The van der Waals surface area contributed by atoms with E-state index in [1.807, 2.05) is 12.4 Å². The van der Waals surface area contributed by atoms with Crippen LogP contribution in [0.2, 0.25) is 0 Å². The third-order valence-electron chi connectivity index (χ3n) is 3.71. The summed E-state index contributed by atoms with van der Waals surface area (Å²) < 4.78 is 0. The number of nitrogens with zero attached hydrogens (tertiary/aromatic N) is 2. The summed E-state index contributed by atoms with van der Waals surface area (Å²) in [4.78, 5) is 8.32. The molecule has 1 atom stereocenters. The minimum absolute atomic E-state index is 0.162. The number of hydrogen-bond donors (Lipinski definition) is 1. The molecule has 3 nitrogen and oxygen atoms in total. The Balaban J connectivity index is 2.44. The molecule has 0 saturated carbocycles. The van der Waals surface area contributed by atoms with Gasteiger partial charge in [0.2, 0.25) is 0 Å². The van der Waals surface area contributed by atoms with Crippen LogP contribution in [-0.2, 0) is 0 Å². The van der Waals surface area contributed by atoms with Gasteiger partial charge in [0.25, 0.3) is 0 Å². The van der Waals surface area contributed by atoms with Gasteiger partial charge in [-0.3, -0.25) is 0 Å². The van der Waals surface area contributed by atoms with Crippen molar-refractivity contribution in [3.8, 4) is 0 Å². The van der Waals surface area contributed by atoms with Gasteiger partial charge in [-0.15, -0.1) is 0 Å². The van der Waals surface area contributed by atoms with E-state index in [0.717, 1.165) is 18.5 Å². The summed E-state index contributed by atoms with van der Waals surface area (Å²) >= 11 is 0. The summed E-state index contributed by atoms with van der Waals surface area (Å²) in [5, 5.41) is 3.61. The lowest BCUT2D eigenvalue weighted by atomic mass is 9.93. The van der Waals surface area contributed by atoms with E-state index < -0.39 is 0 Å². The third kappa shape index (κ3) is 3.23. The molecule has 0 saturated heterocycles. The minimum atomic E-state index is 0.162. The predicted octanol–water partition coefficient (Wildman–Crippen LogP) is 3.49. The van der Waals surface area contributed by atoms with Gasteiger partial charge in [0.1, 0.15) is 6.33 Å². The summed E-state index contributed by atoms with van der Waals surface area (Å²) in [7, 11) is 0. The number of nitrogens with one attached hydrogen (secondary N) is 1. The maximum Gasteiger partial charge on any atom is 0.115 e. The average Bonchev–Trinajstić information content (AvgIpc) is 2.45. The summed E-state index contributed by atoms with van der Waals surface area (Å²) in [6, 6.07) is 4.70. The Kier molecular flexibility index (Phi) is 4.85. The highest BCUT2D eigenvalue weighted by Gasteiger charge is 2.16. The quantitative estimate of drug-likeness (QED) is 0.903. The lowest BCUT2D eigenvalue weighted by Crippen LogP contribution is -2.24. The number of benzene rings is 1. The van der Waals surface area contributed by atoms with Crippen molar-refractivity contribution in [2.75, 3.05) is 6.54 Å². The van der Waals surface area contributed by atoms with Crippen LogP contribution in [0.3, 0.4) is 0 Å². The van der Waals surface area contributed by atoms with Crippen molar-refractivity contribution >= 4 is 0 Å². The van der Waals surface area contributed by atoms with Gasteiger partial charge in [-0.25, -0.2) is 9.97 Å². The first kappa shape index (κ1) is 14.7. The molecule has 0 fully saturated rings. The first-order valence-corrected chi connectivity index (χ1v) is 7.19.